The number of carbonyl (C=O) groups is 1. The van der Waals surface area contributed by atoms with E-state index >= 15 is 0 Å². The van der Waals surface area contributed by atoms with E-state index < -0.39 is 5.54 Å². The van der Waals surface area contributed by atoms with Crippen LogP contribution in [0.5, 0.6) is 0 Å². The van der Waals surface area contributed by atoms with Crippen molar-refractivity contribution in [3.8, 4) is 0 Å². The maximum atomic E-state index is 13.2. The second-order valence-electron chi connectivity index (χ2n) is 5.41. The highest BCUT2D eigenvalue weighted by Crippen LogP contribution is 2.31. The molecule has 1 aliphatic rings. The first-order valence-corrected chi connectivity index (χ1v) is 7.22. The lowest BCUT2D eigenvalue weighted by Crippen LogP contribution is -2.41. The number of amides is 1. The topological polar surface area (TPSA) is 53.5 Å². The average molecular weight is 342 g/mol. The fourth-order valence-electron chi connectivity index (χ4n) is 1.99. The van der Waals surface area contributed by atoms with Gasteiger partial charge in [-0.1, -0.05) is 35.8 Å². The summed E-state index contributed by atoms with van der Waals surface area (Å²) in [5.74, 6) is 0.316. The quantitative estimate of drug-likeness (QED) is 0.887. The van der Waals surface area contributed by atoms with Crippen molar-refractivity contribution in [2.75, 3.05) is 6.54 Å². The lowest BCUT2D eigenvalue weighted by Gasteiger charge is -2.23. The van der Waals surface area contributed by atoms with Gasteiger partial charge < -0.3 is 5.32 Å². The molecule has 6 heteroatoms. The Morgan fingerprint density at radius 1 is 1.45 bits per heavy atom. The summed E-state index contributed by atoms with van der Waals surface area (Å²) >= 11 is 3.30. The number of rotatable bonds is 3. The van der Waals surface area contributed by atoms with Crippen LogP contribution in [0.4, 0.5) is 4.39 Å². The van der Waals surface area contributed by atoms with Gasteiger partial charge in [-0.3, -0.25) is 15.1 Å². The molecule has 20 heavy (non-hydrogen) atoms. The Balaban J connectivity index is 2.31. The number of aliphatic imine (C=N–C) groups is 1. The standard InChI is InChI=1S/C14H17BrFN3O/c1-8(2)7-17-13-18-12(20)14(3,19-13)10-5-4-9(16)6-11(10)15/h4-6,8H,7H2,1-3H3,(H2,17,18,19,20). The van der Waals surface area contributed by atoms with Gasteiger partial charge in [-0.05, 0) is 25.0 Å². The molecule has 1 unspecified atom stereocenters. The van der Waals surface area contributed by atoms with Gasteiger partial charge in [0.15, 0.2) is 5.96 Å². The van der Waals surface area contributed by atoms with Crippen LogP contribution in [-0.4, -0.2) is 18.4 Å². The van der Waals surface area contributed by atoms with Gasteiger partial charge in [0.05, 0.1) is 0 Å². The van der Waals surface area contributed by atoms with Gasteiger partial charge in [0.2, 0.25) is 0 Å². The predicted molar refractivity (Wildman–Crippen MR) is 79.9 cm³/mol. The van der Waals surface area contributed by atoms with Crippen LogP contribution >= 0.6 is 15.9 Å². The molecule has 1 aliphatic heterocycles. The maximum absolute atomic E-state index is 13.2. The fraction of sp³-hybridized carbons (Fsp3) is 0.429. The summed E-state index contributed by atoms with van der Waals surface area (Å²) in [5.41, 5.74) is -0.284. The first-order valence-electron chi connectivity index (χ1n) is 6.42. The Morgan fingerprint density at radius 2 is 2.15 bits per heavy atom. The van der Waals surface area contributed by atoms with Crippen LogP contribution in [-0.2, 0) is 10.3 Å². The molecule has 1 aromatic rings. The lowest BCUT2D eigenvalue weighted by molar-refractivity contribution is -0.123. The van der Waals surface area contributed by atoms with Crippen molar-refractivity contribution in [2.45, 2.75) is 26.3 Å². The van der Waals surface area contributed by atoms with Crippen LogP contribution in [0.3, 0.4) is 0 Å². The lowest BCUT2D eigenvalue weighted by atomic mass is 9.92. The molecule has 0 aliphatic carbocycles. The summed E-state index contributed by atoms with van der Waals surface area (Å²) < 4.78 is 13.7. The van der Waals surface area contributed by atoms with Crippen LogP contribution in [0.15, 0.2) is 27.7 Å². The average Bonchev–Trinajstić information content (AvgIpc) is 2.63. The monoisotopic (exact) mass is 341 g/mol. The van der Waals surface area contributed by atoms with Crippen molar-refractivity contribution in [3.05, 3.63) is 34.1 Å². The minimum absolute atomic E-state index is 0.202. The molecule has 0 spiro atoms. The van der Waals surface area contributed by atoms with Gasteiger partial charge in [-0.2, -0.15) is 0 Å². The van der Waals surface area contributed by atoms with Crippen molar-refractivity contribution < 1.29 is 9.18 Å². The van der Waals surface area contributed by atoms with E-state index in [1.807, 2.05) is 0 Å². The fourth-order valence-corrected chi connectivity index (χ4v) is 2.74. The third-order valence-corrected chi connectivity index (χ3v) is 3.79. The molecule has 1 amide bonds. The number of carbonyl (C=O) groups excluding carboxylic acids is 1. The third kappa shape index (κ3) is 2.85. The van der Waals surface area contributed by atoms with Gasteiger partial charge in [0.1, 0.15) is 11.4 Å². The number of guanidine groups is 1. The number of nitrogens with one attached hydrogen (secondary N) is 2. The number of benzene rings is 1. The molecule has 1 atom stereocenters. The highest BCUT2D eigenvalue weighted by atomic mass is 79.9. The molecular weight excluding hydrogens is 325 g/mol. The second kappa shape index (κ2) is 5.52. The van der Waals surface area contributed by atoms with Gasteiger partial charge >= 0.3 is 0 Å². The van der Waals surface area contributed by atoms with Crippen LogP contribution in [0.25, 0.3) is 0 Å². The van der Waals surface area contributed by atoms with E-state index in [0.717, 1.165) is 0 Å². The maximum Gasteiger partial charge on any atom is 0.256 e. The molecule has 2 N–H and O–H groups in total. The summed E-state index contributed by atoms with van der Waals surface area (Å²) in [4.78, 5) is 16.5. The molecule has 108 valence electrons. The van der Waals surface area contributed by atoms with Gasteiger partial charge in [0, 0.05) is 16.6 Å². The van der Waals surface area contributed by atoms with Crippen LogP contribution in [0, 0.1) is 11.7 Å². The van der Waals surface area contributed by atoms with Crippen LogP contribution in [0.2, 0.25) is 0 Å². The molecule has 0 bridgehead atoms. The zero-order chi connectivity index (χ0) is 14.9. The predicted octanol–water partition coefficient (Wildman–Crippen LogP) is 2.53. The molecular formula is C14H17BrFN3O. The summed E-state index contributed by atoms with van der Waals surface area (Å²) in [6.45, 7) is 6.48. The van der Waals surface area contributed by atoms with Gasteiger partial charge in [0.25, 0.3) is 5.91 Å². The van der Waals surface area contributed by atoms with E-state index in [1.54, 1.807) is 13.0 Å². The zero-order valence-corrected chi connectivity index (χ0v) is 13.2. The number of hydrogen-bond acceptors (Lipinski definition) is 2. The summed E-state index contributed by atoms with van der Waals surface area (Å²) in [6.07, 6.45) is 0. The highest BCUT2D eigenvalue weighted by molar-refractivity contribution is 9.10. The Bertz CT molecular complexity index is 574. The Hall–Kier alpha value is -1.43. The summed E-state index contributed by atoms with van der Waals surface area (Å²) in [6, 6.07) is 4.28. The van der Waals surface area contributed by atoms with Crippen molar-refractivity contribution in [3.63, 3.8) is 0 Å². The van der Waals surface area contributed by atoms with Crippen molar-refractivity contribution in [1.29, 1.82) is 0 Å². The third-order valence-electron chi connectivity index (χ3n) is 3.14. The van der Waals surface area contributed by atoms with Crippen LogP contribution < -0.4 is 10.6 Å². The molecule has 1 fully saturated rings. The highest BCUT2D eigenvalue weighted by Gasteiger charge is 2.43. The summed E-state index contributed by atoms with van der Waals surface area (Å²) in [7, 11) is 0. The second-order valence-corrected chi connectivity index (χ2v) is 6.27. The summed E-state index contributed by atoms with van der Waals surface area (Å²) in [5, 5.41) is 5.81. The van der Waals surface area contributed by atoms with E-state index in [-0.39, 0.29) is 11.7 Å². The molecule has 0 saturated carbocycles. The van der Waals surface area contributed by atoms with Crippen molar-refractivity contribution in [1.82, 2.24) is 10.6 Å². The molecule has 4 nitrogen and oxygen atoms in total. The van der Waals surface area contributed by atoms with E-state index in [4.69, 9.17) is 0 Å². The number of nitrogens with zero attached hydrogens (tertiary/aromatic N) is 1. The minimum atomic E-state index is -0.956. The first kappa shape index (κ1) is 15.0. The van der Waals surface area contributed by atoms with Crippen LogP contribution in [0.1, 0.15) is 26.3 Å². The minimum Gasteiger partial charge on any atom is -0.338 e. The van der Waals surface area contributed by atoms with Gasteiger partial charge in [-0.15, -0.1) is 0 Å². The molecule has 0 radical (unpaired) electrons. The van der Waals surface area contributed by atoms with E-state index in [9.17, 15) is 9.18 Å². The molecule has 2 rings (SSSR count). The normalized spacial score (nSPS) is 24.1. The zero-order valence-electron chi connectivity index (χ0n) is 11.6. The van der Waals surface area contributed by atoms with E-state index in [2.05, 4.69) is 45.4 Å². The molecule has 0 aromatic heterocycles. The van der Waals surface area contributed by atoms with E-state index in [1.165, 1.54) is 12.1 Å². The Kier molecular flexibility index (Phi) is 4.13. The Morgan fingerprint density at radius 3 is 2.75 bits per heavy atom. The number of halogens is 2. The Labute approximate surface area is 126 Å². The van der Waals surface area contributed by atoms with Gasteiger partial charge in [-0.25, -0.2) is 4.39 Å². The number of hydrogen-bond donors (Lipinski definition) is 2. The molecule has 1 saturated heterocycles. The largest absolute Gasteiger partial charge is 0.338 e. The van der Waals surface area contributed by atoms with E-state index in [0.29, 0.717) is 28.5 Å². The smallest absolute Gasteiger partial charge is 0.256 e. The SMILES string of the molecule is CC(C)CN=C1NC(=O)C(C)(c2ccc(F)cc2Br)N1. The molecule has 1 aromatic carbocycles. The first-order chi connectivity index (χ1) is 9.33. The molecule has 1 heterocycles. The van der Waals surface area contributed by atoms with Crippen molar-refractivity contribution in [2.24, 2.45) is 10.9 Å². The van der Waals surface area contributed by atoms with Crippen molar-refractivity contribution >= 4 is 27.8 Å².